The molecule has 0 atom stereocenters. The zero-order valence-corrected chi connectivity index (χ0v) is 17.0. The van der Waals surface area contributed by atoms with E-state index in [-0.39, 0.29) is 16.6 Å². The van der Waals surface area contributed by atoms with E-state index >= 15 is 0 Å². The smallest absolute Gasteiger partial charge is 0.234 e. The summed E-state index contributed by atoms with van der Waals surface area (Å²) in [4.78, 5) is 21.3. The minimum absolute atomic E-state index is 0.112. The summed E-state index contributed by atoms with van der Waals surface area (Å²) in [5.41, 5.74) is 3.04. The van der Waals surface area contributed by atoms with Gasteiger partial charge in [0, 0.05) is 23.2 Å². The molecule has 144 valence electrons. The minimum Gasteiger partial charge on any atom is -0.325 e. The van der Waals surface area contributed by atoms with Crippen LogP contribution in [0.3, 0.4) is 0 Å². The van der Waals surface area contributed by atoms with Crippen LogP contribution in [0, 0.1) is 6.92 Å². The largest absolute Gasteiger partial charge is 0.325 e. The van der Waals surface area contributed by atoms with Gasteiger partial charge >= 0.3 is 0 Å². The lowest BCUT2D eigenvalue weighted by molar-refractivity contribution is -0.113. The predicted molar refractivity (Wildman–Crippen MR) is 111 cm³/mol. The molecular weight excluding hydrogens is 394 g/mol. The number of rotatable bonds is 6. The minimum atomic E-state index is -3.33. The third-order valence-electron chi connectivity index (χ3n) is 3.78. The Morgan fingerprint density at radius 1 is 1.04 bits per heavy atom. The number of aryl methyl sites for hydroxylation is 1. The van der Waals surface area contributed by atoms with Crippen molar-refractivity contribution in [1.82, 2.24) is 9.97 Å². The highest BCUT2D eigenvalue weighted by atomic mass is 32.2. The zero-order valence-electron chi connectivity index (χ0n) is 15.4. The Balaban J connectivity index is 1.68. The molecule has 0 radical (unpaired) electrons. The van der Waals surface area contributed by atoms with Gasteiger partial charge in [0.1, 0.15) is 0 Å². The number of benzene rings is 2. The van der Waals surface area contributed by atoms with E-state index in [0.717, 1.165) is 23.2 Å². The number of hydrogen-bond acceptors (Lipinski definition) is 6. The predicted octanol–water partition coefficient (Wildman–Crippen LogP) is 3.59. The molecule has 1 aromatic heterocycles. The van der Waals surface area contributed by atoms with Crippen LogP contribution >= 0.6 is 11.8 Å². The van der Waals surface area contributed by atoms with E-state index in [4.69, 9.17) is 0 Å². The van der Waals surface area contributed by atoms with E-state index in [1.165, 1.54) is 23.9 Å². The van der Waals surface area contributed by atoms with Gasteiger partial charge in [-0.1, -0.05) is 48.2 Å². The molecule has 1 N–H and O–H groups in total. The molecule has 3 aromatic rings. The Hall–Kier alpha value is -2.71. The second-order valence-corrected chi connectivity index (χ2v) is 9.14. The maximum absolute atomic E-state index is 12.2. The quantitative estimate of drug-likeness (QED) is 0.491. The Morgan fingerprint density at radius 2 is 1.79 bits per heavy atom. The molecule has 3 rings (SSSR count). The van der Waals surface area contributed by atoms with Crippen molar-refractivity contribution in [1.29, 1.82) is 0 Å². The molecule has 0 aliphatic rings. The van der Waals surface area contributed by atoms with Gasteiger partial charge in [-0.15, -0.1) is 0 Å². The summed E-state index contributed by atoms with van der Waals surface area (Å²) in [5, 5.41) is 3.22. The fourth-order valence-electron chi connectivity index (χ4n) is 2.49. The van der Waals surface area contributed by atoms with Crippen molar-refractivity contribution in [2.24, 2.45) is 0 Å². The summed E-state index contributed by atoms with van der Waals surface area (Å²) < 4.78 is 23.3. The van der Waals surface area contributed by atoms with Crippen LogP contribution in [0.1, 0.15) is 5.69 Å². The van der Waals surface area contributed by atoms with Crippen molar-refractivity contribution in [3.8, 4) is 11.3 Å². The number of hydrogen-bond donors (Lipinski definition) is 1. The molecule has 0 bridgehead atoms. The number of aromatic nitrogens is 2. The van der Waals surface area contributed by atoms with Gasteiger partial charge in [0.25, 0.3) is 0 Å². The first kappa shape index (κ1) is 20.0. The molecule has 8 heteroatoms. The third kappa shape index (κ3) is 5.40. The fraction of sp³-hybridized carbons (Fsp3) is 0.150. The Labute approximate surface area is 168 Å². The van der Waals surface area contributed by atoms with Gasteiger partial charge < -0.3 is 5.32 Å². The number of nitrogens with zero attached hydrogens (tertiary/aromatic N) is 2. The standard InChI is InChI=1S/C20H19N3O3S2/c1-14-11-18(15-7-4-3-5-8-15)23-20(21-14)27-13-19(24)22-16-9-6-10-17(12-16)28(2,25)26/h3-12H,13H2,1-2H3,(H,22,24). The lowest BCUT2D eigenvalue weighted by atomic mass is 10.1. The Kier molecular flexibility index (Phi) is 6.11. The molecule has 2 aromatic carbocycles. The second-order valence-electron chi connectivity index (χ2n) is 6.18. The molecule has 0 fully saturated rings. The lowest BCUT2D eigenvalue weighted by Crippen LogP contribution is -2.14. The van der Waals surface area contributed by atoms with E-state index in [1.54, 1.807) is 12.1 Å². The molecule has 0 saturated carbocycles. The number of carbonyl (C=O) groups excluding carboxylic acids is 1. The SMILES string of the molecule is Cc1cc(-c2ccccc2)nc(SCC(=O)Nc2cccc(S(C)(=O)=O)c2)n1. The molecule has 0 spiro atoms. The van der Waals surface area contributed by atoms with Crippen molar-refractivity contribution in [2.45, 2.75) is 17.0 Å². The van der Waals surface area contributed by atoms with Gasteiger partial charge in [-0.2, -0.15) is 0 Å². The van der Waals surface area contributed by atoms with Crippen LogP contribution in [0.2, 0.25) is 0 Å². The second kappa shape index (κ2) is 8.53. The van der Waals surface area contributed by atoms with Crippen LogP contribution in [0.25, 0.3) is 11.3 Å². The first-order valence-electron chi connectivity index (χ1n) is 8.45. The summed E-state index contributed by atoms with van der Waals surface area (Å²) >= 11 is 1.23. The lowest BCUT2D eigenvalue weighted by Gasteiger charge is -2.08. The van der Waals surface area contributed by atoms with Crippen LogP contribution in [-0.4, -0.2) is 36.3 Å². The molecule has 28 heavy (non-hydrogen) atoms. The highest BCUT2D eigenvalue weighted by molar-refractivity contribution is 7.99. The molecule has 1 amide bonds. The highest BCUT2D eigenvalue weighted by Gasteiger charge is 2.11. The molecule has 0 unspecified atom stereocenters. The first-order chi connectivity index (χ1) is 13.3. The average molecular weight is 414 g/mol. The zero-order chi connectivity index (χ0) is 20.1. The van der Waals surface area contributed by atoms with Crippen molar-refractivity contribution < 1.29 is 13.2 Å². The van der Waals surface area contributed by atoms with Gasteiger partial charge in [-0.05, 0) is 31.2 Å². The number of carbonyl (C=O) groups is 1. The molecule has 1 heterocycles. The molecule has 0 aliphatic carbocycles. The van der Waals surface area contributed by atoms with E-state index in [9.17, 15) is 13.2 Å². The van der Waals surface area contributed by atoms with Crippen LogP contribution in [0.15, 0.2) is 70.7 Å². The summed E-state index contributed by atoms with van der Waals surface area (Å²) in [7, 11) is -3.33. The molecular formula is C20H19N3O3S2. The summed E-state index contributed by atoms with van der Waals surface area (Å²) in [6, 6.07) is 17.8. The number of nitrogens with one attached hydrogen (secondary N) is 1. The third-order valence-corrected chi connectivity index (χ3v) is 5.74. The Morgan fingerprint density at radius 3 is 2.50 bits per heavy atom. The van der Waals surface area contributed by atoms with Crippen LogP contribution in [0.5, 0.6) is 0 Å². The number of amides is 1. The van der Waals surface area contributed by atoms with E-state index in [1.807, 2.05) is 43.3 Å². The first-order valence-corrected chi connectivity index (χ1v) is 11.3. The van der Waals surface area contributed by atoms with Crippen molar-refractivity contribution in [3.05, 3.63) is 66.4 Å². The average Bonchev–Trinajstić information content (AvgIpc) is 2.66. The van der Waals surface area contributed by atoms with E-state index < -0.39 is 9.84 Å². The normalized spacial score (nSPS) is 11.2. The maximum atomic E-state index is 12.2. The van der Waals surface area contributed by atoms with E-state index in [0.29, 0.717) is 10.8 Å². The van der Waals surface area contributed by atoms with E-state index in [2.05, 4.69) is 15.3 Å². The maximum Gasteiger partial charge on any atom is 0.234 e. The summed E-state index contributed by atoms with van der Waals surface area (Å²) in [6.45, 7) is 1.88. The molecule has 0 aliphatic heterocycles. The van der Waals surface area contributed by atoms with Crippen LogP contribution in [-0.2, 0) is 14.6 Å². The van der Waals surface area contributed by atoms with Gasteiger partial charge in [-0.3, -0.25) is 4.79 Å². The van der Waals surface area contributed by atoms with Gasteiger partial charge in [0.2, 0.25) is 5.91 Å². The topological polar surface area (TPSA) is 89.0 Å². The van der Waals surface area contributed by atoms with Crippen LogP contribution < -0.4 is 5.32 Å². The van der Waals surface area contributed by atoms with Gasteiger partial charge in [0.15, 0.2) is 15.0 Å². The van der Waals surface area contributed by atoms with Gasteiger partial charge in [0.05, 0.1) is 16.3 Å². The monoisotopic (exact) mass is 413 g/mol. The van der Waals surface area contributed by atoms with Crippen molar-refractivity contribution >= 4 is 33.2 Å². The highest BCUT2D eigenvalue weighted by Crippen LogP contribution is 2.22. The van der Waals surface area contributed by atoms with Crippen molar-refractivity contribution in [2.75, 3.05) is 17.3 Å². The van der Waals surface area contributed by atoms with Gasteiger partial charge in [-0.25, -0.2) is 18.4 Å². The Bertz CT molecular complexity index is 1100. The van der Waals surface area contributed by atoms with Crippen molar-refractivity contribution in [3.63, 3.8) is 0 Å². The summed E-state index contributed by atoms with van der Waals surface area (Å²) in [5.74, 6) is -0.150. The molecule has 6 nitrogen and oxygen atoms in total. The number of thioether (sulfide) groups is 1. The number of anilines is 1. The molecule has 0 saturated heterocycles. The fourth-order valence-corrected chi connectivity index (χ4v) is 3.86. The summed E-state index contributed by atoms with van der Waals surface area (Å²) in [6.07, 6.45) is 1.13. The number of sulfone groups is 1. The van der Waals surface area contributed by atoms with Crippen LogP contribution in [0.4, 0.5) is 5.69 Å².